The van der Waals surface area contributed by atoms with Crippen LogP contribution in [0.4, 0.5) is 0 Å². The van der Waals surface area contributed by atoms with E-state index in [4.69, 9.17) is 0 Å². The van der Waals surface area contributed by atoms with Crippen molar-refractivity contribution in [2.45, 2.75) is 6.42 Å². The second-order valence-corrected chi connectivity index (χ2v) is 5.95. The van der Waals surface area contributed by atoms with Crippen LogP contribution in [0.2, 0.25) is 0 Å². The van der Waals surface area contributed by atoms with Gasteiger partial charge in [0.2, 0.25) is 10.0 Å². The Morgan fingerprint density at radius 1 is 1.32 bits per heavy atom. The van der Waals surface area contributed by atoms with Gasteiger partial charge in [-0.15, -0.1) is 6.58 Å². The van der Waals surface area contributed by atoms with Crippen molar-refractivity contribution in [3.8, 4) is 0 Å². The van der Waals surface area contributed by atoms with E-state index in [2.05, 4.69) is 16.6 Å². The third kappa shape index (κ3) is 6.17. The molecule has 1 amide bonds. The molecule has 1 aromatic rings. The summed E-state index contributed by atoms with van der Waals surface area (Å²) in [5.74, 6) is -0.152. The van der Waals surface area contributed by atoms with Gasteiger partial charge in [0, 0.05) is 18.7 Å². The summed E-state index contributed by atoms with van der Waals surface area (Å²) in [5, 5.41) is 2.68. The number of benzene rings is 1. The van der Waals surface area contributed by atoms with Crippen LogP contribution >= 0.6 is 0 Å². The summed E-state index contributed by atoms with van der Waals surface area (Å²) in [6.45, 7) is 4.30. The summed E-state index contributed by atoms with van der Waals surface area (Å²) >= 11 is 0. The van der Waals surface area contributed by atoms with Gasteiger partial charge >= 0.3 is 0 Å². The SMILES string of the molecule is C=CCNC(=O)c1ccc(CCNS(C)(=O)=O)cc1. The second kappa shape index (κ2) is 7.06. The lowest BCUT2D eigenvalue weighted by molar-refractivity contribution is 0.0958. The number of hydrogen-bond acceptors (Lipinski definition) is 3. The van der Waals surface area contributed by atoms with Crippen molar-refractivity contribution in [1.82, 2.24) is 10.0 Å². The lowest BCUT2D eigenvalue weighted by Gasteiger charge is -2.05. The van der Waals surface area contributed by atoms with Crippen molar-refractivity contribution < 1.29 is 13.2 Å². The average Bonchev–Trinajstić information content (AvgIpc) is 2.35. The van der Waals surface area contributed by atoms with Crippen LogP contribution in [0, 0.1) is 0 Å². The van der Waals surface area contributed by atoms with Gasteiger partial charge in [-0.25, -0.2) is 13.1 Å². The number of nitrogens with one attached hydrogen (secondary N) is 2. The van der Waals surface area contributed by atoms with Crippen LogP contribution in [-0.4, -0.2) is 33.7 Å². The lowest BCUT2D eigenvalue weighted by atomic mass is 10.1. The minimum atomic E-state index is -3.15. The zero-order valence-corrected chi connectivity index (χ0v) is 11.7. The summed E-state index contributed by atoms with van der Waals surface area (Å²) < 4.78 is 24.2. The smallest absolute Gasteiger partial charge is 0.251 e. The topological polar surface area (TPSA) is 75.3 Å². The van der Waals surface area contributed by atoms with Gasteiger partial charge in [0.15, 0.2) is 0 Å². The molecule has 1 aromatic carbocycles. The largest absolute Gasteiger partial charge is 0.349 e. The van der Waals surface area contributed by atoms with Crippen molar-refractivity contribution in [2.75, 3.05) is 19.3 Å². The third-order valence-electron chi connectivity index (χ3n) is 2.40. The Labute approximate surface area is 113 Å². The predicted octanol–water partition coefficient (Wildman–Crippen LogP) is 0.694. The molecule has 19 heavy (non-hydrogen) atoms. The van der Waals surface area contributed by atoms with Crippen LogP contribution in [-0.2, 0) is 16.4 Å². The van der Waals surface area contributed by atoms with Crippen molar-refractivity contribution in [3.63, 3.8) is 0 Å². The highest BCUT2D eigenvalue weighted by Crippen LogP contribution is 2.05. The van der Waals surface area contributed by atoms with Crippen LogP contribution < -0.4 is 10.0 Å². The summed E-state index contributed by atoms with van der Waals surface area (Å²) in [4.78, 5) is 11.6. The lowest BCUT2D eigenvalue weighted by Crippen LogP contribution is -2.24. The molecule has 6 heteroatoms. The molecule has 0 spiro atoms. The van der Waals surface area contributed by atoms with Gasteiger partial charge < -0.3 is 5.32 Å². The number of hydrogen-bond donors (Lipinski definition) is 2. The van der Waals surface area contributed by atoms with E-state index >= 15 is 0 Å². The number of amides is 1. The molecule has 0 aliphatic heterocycles. The number of rotatable bonds is 7. The quantitative estimate of drug-likeness (QED) is 0.723. The fraction of sp³-hybridized carbons (Fsp3) is 0.308. The van der Waals surface area contributed by atoms with Crippen LogP contribution in [0.25, 0.3) is 0 Å². The molecule has 0 heterocycles. The van der Waals surface area contributed by atoms with Gasteiger partial charge in [-0.1, -0.05) is 18.2 Å². The first kappa shape index (κ1) is 15.4. The zero-order chi connectivity index (χ0) is 14.3. The van der Waals surface area contributed by atoms with E-state index in [-0.39, 0.29) is 5.91 Å². The molecular formula is C13H18N2O3S. The fourth-order valence-corrected chi connectivity index (χ4v) is 1.94. The molecule has 0 aliphatic carbocycles. The van der Waals surface area contributed by atoms with Gasteiger partial charge in [-0.05, 0) is 24.1 Å². The van der Waals surface area contributed by atoms with E-state index in [9.17, 15) is 13.2 Å². The van der Waals surface area contributed by atoms with Crippen molar-refractivity contribution in [1.29, 1.82) is 0 Å². The van der Waals surface area contributed by atoms with Gasteiger partial charge in [0.1, 0.15) is 0 Å². The van der Waals surface area contributed by atoms with Gasteiger partial charge in [-0.3, -0.25) is 4.79 Å². The Bertz CT molecular complexity index is 536. The summed E-state index contributed by atoms with van der Waals surface area (Å²) in [6, 6.07) is 7.06. The first-order chi connectivity index (χ1) is 8.92. The second-order valence-electron chi connectivity index (χ2n) is 4.11. The van der Waals surface area contributed by atoms with E-state index in [1.807, 2.05) is 12.1 Å². The molecule has 0 unspecified atom stereocenters. The zero-order valence-electron chi connectivity index (χ0n) is 10.8. The van der Waals surface area contributed by atoms with E-state index in [1.54, 1.807) is 18.2 Å². The summed E-state index contributed by atoms with van der Waals surface area (Å²) in [5.41, 5.74) is 1.54. The Hall–Kier alpha value is -1.66. The highest BCUT2D eigenvalue weighted by Gasteiger charge is 2.04. The van der Waals surface area contributed by atoms with Crippen LogP contribution in [0.1, 0.15) is 15.9 Å². The number of carbonyl (C=O) groups excluding carboxylic acids is 1. The molecular weight excluding hydrogens is 264 g/mol. The monoisotopic (exact) mass is 282 g/mol. The Morgan fingerprint density at radius 2 is 1.95 bits per heavy atom. The average molecular weight is 282 g/mol. The Kier molecular flexibility index (Phi) is 5.72. The third-order valence-corrected chi connectivity index (χ3v) is 3.13. The molecule has 0 aliphatic rings. The van der Waals surface area contributed by atoms with E-state index in [0.29, 0.717) is 25.1 Å². The Morgan fingerprint density at radius 3 is 2.47 bits per heavy atom. The van der Waals surface area contributed by atoms with E-state index in [1.165, 1.54) is 0 Å². The van der Waals surface area contributed by atoms with Crippen molar-refractivity contribution in [2.24, 2.45) is 0 Å². The normalized spacial score (nSPS) is 11.0. The predicted molar refractivity (Wildman–Crippen MR) is 75.5 cm³/mol. The molecule has 0 fully saturated rings. The molecule has 2 N–H and O–H groups in total. The fourth-order valence-electron chi connectivity index (χ4n) is 1.47. The van der Waals surface area contributed by atoms with E-state index in [0.717, 1.165) is 11.8 Å². The maximum atomic E-state index is 11.6. The Balaban J connectivity index is 2.52. The molecule has 104 valence electrons. The minimum Gasteiger partial charge on any atom is -0.349 e. The van der Waals surface area contributed by atoms with Gasteiger partial charge in [0.25, 0.3) is 5.91 Å². The van der Waals surface area contributed by atoms with Crippen LogP contribution in [0.15, 0.2) is 36.9 Å². The molecule has 5 nitrogen and oxygen atoms in total. The maximum Gasteiger partial charge on any atom is 0.251 e. The molecule has 0 radical (unpaired) electrons. The summed E-state index contributed by atoms with van der Waals surface area (Å²) in [6.07, 6.45) is 3.32. The van der Waals surface area contributed by atoms with Crippen LogP contribution in [0.5, 0.6) is 0 Å². The maximum absolute atomic E-state index is 11.6. The van der Waals surface area contributed by atoms with Gasteiger partial charge in [-0.2, -0.15) is 0 Å². The molecule has 0 bridgehead atoms. The van der Waals surface area contributed by atoms with Crippen LogP contribution in [0.3, 0.4) is 0 Å². The number of sulfonamides is 1. The number of carbonyl (C=O) groups is 1. The molecule has 0 aromatic heterocycles. The highest BCUT2D eigenvalue weighted by atomic mass is 32.2. The van der Waals surface area contributed by atoms with Crippen molar-refractivity contribution >= 4 is 15.9 Å². The minimum absolute atomic E-state index is 0.152. The van der Waals surface area contributed by atoms with Crippen molar-refractivity contribution in [3.05, 3.63) is 48.0 Å². The standard InChI is InChI=1S/C13H18N2O3S/c1-3-9-14-13(16)12-6-4-11(5-7-12)8-10-15-19(2,17)18/h3-7,15H,1,8-10H2,2H3,(H,14,16). The van der Waals surface area contributed by atoms with Gasteiger partial charge in [0.05, 0.1) is 6.26 Å². The molecule has 0 saturated carbocycles. The highest BCUT2D eigenvalue weighted by molar-refractivity contribution is 7.88. The first-order valence-electron chi connectivity index (χ1n) is 5.85. The molecule has 0 saturated heterocycles. The molecule has 0 atom stereocenters. The first-order valence-corrected chi connectivity index (χ1v) is 7.74. The van der Waals surface area contributed by atoms with E-state index < -0.39 is 10.0 Å². The molecule has 1 rings (SSSR count). The summed E-state index contributed by atoms with van der Waals surface area (Å²) in [7, 11) is -3.15.